The van der Waals surface area contributed by atoms with Gasteiger partial charge in [-0.3, -0.25) is 9.69 Å². The summed E-state index contributed by atoms with van der Waals surface area (Å²) < 4.78 is 12.6. The normalized spacial score (nSPS) is 10.6. The Hall–Kier alpha value is -1.22. The van der Waals surface area contributed by atoms with E-state index in [-0.39, 0.29) is 11.6 Å². The van der Waals surface area contributed by atoms with Gasteiger partial charge in [0, 0.05) is 5.56 Å². The minimum atomic E-state index is -0.314. The number of carbonyl (C=O) groups is 1. The number of halogens is 1. The molecule has 0 bridgehead atoms. The maximum absolute atomic E-state index is 12.6. The van der Waals surface area contributed by atoms with Crippen LogP contribution in [-0.2, 0) is 0 Å². The third-order valence-corrected chi connectivity index (χ3v) is 2.12. The summed E-state index contributed by atoms with van der Waals surface area (Å²) in [6.45, 7) is 3.19. The van der Waals surface area contributed by atoms with Crippen molar-refractivity contribution in [2.45, 2.75) is 6.92 Å². The molecule has 0 aliphatic heterocycles. The van der Waals surface area contributed by atoms with Gasteiger partial charge in [0.25, 0.3) is 0 Å². The van der Waals surface area contributed by atoms with Crippen LogP contribution < -0.4 is 0 Å². The van der Waals surface area contributed by atoms with Gasteiger partial charge >= 0.3 is 0 Å². The Morgan fingerprint density at radius 2 is 1.93 bits per heavy atom. The van der Waals surface area contributed by atoms with Crippen LogP contribution in [0.2, 0.25) is 0 Å². The van der Waals surface area contributed by atoms with Gasteiger partial charge in [-0.25, -0.2) is 4.39 Å². The average molecular weight is 195 g/mol. The third kappa shape index (κ3) is 2.92. The first-order valence-electron chi connectivity index (χ1n) is 4.60. The van der Waals surface area contributed by atoms with E-state index in [9.17, 15) is 9.18 Å². The van der Waals surface area contributed by atoms with E-state index in [0.29, 0.717) is 12.1 Å². The number of hydrogen-bond acceptors (Lipinski definition) is 2. The number of benzene rings is 1. The molecule has 1 rings (SSSR count). The fourth-order valence-electron chi connectivity index (χ4n) is 1.08. The predicted molar refractivity (Wildman–Crippen MR) is 53.9 cm³/mol. The van der Waals surface area contributed by atoms with Crippen molar-refractivity contribution in [3.05, 3.63) is 35.6 Å². The lowest BCUT2D eigenvalue weighted by atomic mass is 10.1. The number of hydrogen-bond donors (Lipinski definition) is 0. The van der Waals surface area contributed by atoms with Gasteiger partial charge in [0.1, 0.15) is 5.82 Å². The zero-order chi connectivity index (χ0) is 10.6. The predicted octanol–water partition coefficient (Wildman–Crippen LogP) is 1.96. The summed E-state index contributed by atoms with van der Waals surface area (Å²) in [6.07, 6.45) is 0. The Balaban J connectivity index is 2.65. The van der Waals surface area contributed by atoms with Crippen molar-refractivity contribution in [1.29, 1.82) is 0 Å². The summed E-state index contributed by atoms with van der Waals surface area (Å²) in [5.74, 6) is -0.292. The molecule has 0 aliphatic rings. The van der Waals surface area contributed by atoms with Crippen LogP contribution in [-0.4, -0.2) is 30.8 Å². The Morgan fingerprint density at radius 3 is 2.43 bits per heavy atom. The highest BCUT2D eigenvalue weighted by atomic mass is 19.1. The second-order valence-corrected chi connectivity index (χ2v) is 3.26. The molecule has 0 heterocycles. The van der Waals surface area contributed by atoms with E-state index in [0.717, 1.165) is 6.54 Å². The zero-order valence-electron chi connectivity index (χ0n) is 8.46. The molecule has 1 aromatic carbocycles. The molecule has 0 fully saturated rings. The number of rotatable bonds is 4. The SMILES string of the molecule is CCN(C)CC(=O)c1ccc(F)cc1. The zero-order valence-corrected chi connectivity index (χ0v) is 8.46. The molecule has 0 aliphatic carbocycles. The molecular formula is C11H14FNO. The van der Waals surface area contributed by atoms with Crippen LogP contribution >= 0.6 is 0 Å². The highest BCUT2D eigenvalue weighted by Gasteiger charge is 2.07. The van der Waals surface area contributed by atoms with Gasteiger partial charge in [-0.1, -0.05) is 6.92 Å². The van der Waals surface area contributed by atoms with Gasteiger partial charge in [0.05, 0.1) is 6.54 Å². The highest BCUT2D eigenvalue weighted by Crippen LogP contribution is 2.04. The molecular weight excluding hydrogens is 181 g/mol. The summed E-state index contributed by atoms with van der Waals surface area (Å²) in [5, 5.41) is 0. The topological polar surface area (TPSA) is 20.3 Å². The smallest absolute Gasteiger partial charge is 0.176 e. The van der Waals surface area contributed by atoms with Crippen LogP contribution in [0.1, 0.15) is 17.3 Å². The minimum Gasteiger partial charge on any atom is -0.299 e. The lowest BCUT2D eigenvalue weighted by Gasteiger charge is -2.12. The summed E-state index contributed by atoms with van der Waals surface area (Å²) >= 11 is 0. The van der Waals surface area contributed by atoms with E-state index in [4.69, 9.17) is 0 Å². The van der Waals surface area contributed by atoms with E-state index in [2.05, 4.69) is 0 Å². The first-order valence-corrected chi connectivity index (χ1v) is 4.60. The fourth-order valence-corrected chi connectivity index (χ4v) is 1.08. The van der Waals surface area contributed by atoms with Crippen LogP contribution in [0.5, 0.6) is 0 Å². The van der Waals surface area contributed by atoms with Gasteiger partial charge in [-0.05, 0) is 37.9 Å². The summed E-state index contributed by atoms with van der Waals surface area (Å²) in [5.41, 5.74) is 0.562. The molecule has 0 unspecified atom stereocenters. The van der Waals surface area contributed by atoms with E-state index < -0.39 is 0 Å². The highest BCUT2D eigenvalue weighted by molar-refractivity contribution is 5.97. The number of carbonyl (C=O) groups excluding carboxylic acids is 1. The number of Topliss-reactive ketones (excluding diaryl/α,β-unsaturated/α-hetero) is 1. The summed E-state index contributed by atoms with van der Waals surface area (Å²) in [6, 6.07) is 5.64. The van der Waals surface area contributed by atoms with Gasteiger partial charge in [0.2, 0.25) is 0 Å². The molecule has 0 saturated carbocycles. The van der Waals surface area contributed by atoms with Crippen LogP contribution in [0, 0.1) is 5.82 Å². The second kappa shape index (κ2) is 4.86. The molecule has 14 heavy (non-hydrogen) atoms. The first kappa shape index (κ1) is 10.9. The van der Waals surface area contributed by atoms with Crippen molar-refractivity contribution in [2.24, 2.45) is 0 Å². The van der Waals surface area contributed by atoms with Crippen molar-refractivity contribution in [2.75, 3.05) is 20.1 Å². The maximum Gasteiger partial charge on any atom is 0.176 e. The average Bonchev–Trinajstić information content (AvgIpc) is 2.18. The maximum atomic E-state index is 12.6. The van der Waals surface area contributed by atoms with Crippen molar-refractivity contribution in [1.82, 2.24) is 4.90 Å². The van der Waals surface area contributed by atoms with E-state index >= 15 is 0 Å². The van der Waals surface area contributed by atoms with Crippen LogP contribution in [0.25, 0.3) is 0 Å². The Morgan fingerprint density at radius 1 is 1.36 bits per heavy atom. The lowest BCUT2D eigenvalue weighted by Crippen LogP contribution is -2.25. The number of ketones is 1. The number of nitrogens with zero attached hydrogens (tertiary/aromatic N) is 1. The van der Waals surface area contributed by atoms with Crippen molar-refractivity contribution < 1.29 is 9.18 Å². The van der Waals surface area contributed by atoms with E-state index in [1.807, 2.05) is 18.9 Å². The van der Waals surface area contributed by atoms with E-state index in [1.165, 1.54) is 24.3 Å². The van der Waals surface area contributed by atoms with Crippen LogP contribution in [0.4, 0.5) is 4.39 Å². The molecule has 3 heteroatoms. The Labute approximate surface area is 83.3 Å². The molecule has 0 amide bonds. The minimum absolute atomic E-state index is 0.0225. The fraction of sp³-hybridized carbons (Fsp3) is 0.364. The number of likely N-dealkylation sites (N-methyl/N-ethyl adjacent to an activating group) is 1. The van der Waals surface area contributed by atoms with Crippen LogP contribution in [0.15, 0.2) is 24.3 Å². The van der Waals surface area contributed by atoms with Gasteiger partial charge in [0.15, 0.2) is 5.78 Å². The lowest BCUT2D eigenvalue weighted by molar-refractivity contribution is 0.0949. The standard InChI is InChI=1S/C11H14FNO/c1-3-13(2)8-11(14)9-4-6-10(12)7-5-9/h4-7H,3,8H2,1-2H3. The Kier molecular flexibility index (Phi) is 3.77. The molecule has 0 spiro atoms. The van der Waals surface area contributed by atoms with E-state index in [1.54, 1.807) is 0 Å². The third-order valence-electron chi connectivity index (χ3n) is 2.12. The molecule has 2 nitrogen and oxygen atoms in total. The van der Waals surface area contributed by atoms with Crippen molar-refractivity contribution in [3.8, 4) is 0 Å². The molecule has 0 N–H and O–H groups in total. The second-order valence-electron chi connectivity index (χ2n) is 3.26. The summed E-state index contributed by atoms with van der Waals surface area (Å²) in [7, 11) is 1.88. The summed E-state index contributed by atoms with van der Waals surface area (Å²) in [4.78, 5) is 13.5. The molecule has 0 saturated heterocycles. The molecule has 0 atom stereocenters. The monoisotopic (exact) mass is 195 g/mol. The molecule has 0 radical (unpaired) electrons. The van der Waals surface area contributed by atoms with Gasteiger partial charge in [-0.2, -0.15) is 0 Å². The molecule has 0 aromatic heterocycles. The quantitative estimate of drug-likeness (QED) is 0.684. The van der Waals surface area contributed by atoms with Crippen molar-refractivity contribution in [3.63, 3.8) is 0 Å². The molecule has 76 valence electrons. The van der Waals surface area contributed by atoms with Crippen molar-refractivity contribution >= 4 is 5.78 Å². The van der Waals surface area contributed by atoms with Crippen LogP contribution in [0.3, 0.4) is 0 Å². The first-order chi connectivity index (χ1) is 6.63. The van der Waals surface area contributed by atoms with Gasteiger partial charge < -0.3 is 0 Å². The molecule has 1 aromatic rings. The Bertz CT molecular complexity index is 308. The largest absolute Gasteiger partial charge is 0.299 e. The van der Waals surface area contributed by atoms with Gasteiger partial charge in [-0.15, -0.1) is 0 Å².